The van der Waals surface area contributed by atoms with Gasteiger partial charge in [-0.3, -0.25) is 0 Å². The Morgan fingerprint density at radius 3 is 3.00 bits per heavy atom. The topological polar surface area (TPSA) is 0 Å². The Bertz CT molecular complexity index is 272. The van der Waals surface area contributed by atoms with E-state index in [1.54, 1.807) is 5.57 Å². The van der Waals surface area contributed by atoms with Crippen molar-refractivity contribution in [3.63, 3.8) is 0 Å². The van der Waals surface area contributed by atoms with E-state index in [1.165, 1.54) is 44.1 Å². The number of rotatable bonds is 1. The Kier molecular flexibility index (Phi) is 2.55. The molecule has 1 saturated carbocycles. The first-order valence-electron chi connectivity index (χ1n) is 5.97. The van der Waals surface area contributed by atoms with Crippen LogP contribution in [0.3, 0.4) is 0 Å². The zero-order chi connectivity index (χ0) is 10.2. The second kappa shape index (κ2) is 3.56. The van der Waals surface area contributed by atoms with E-state index in [0.717, 1.165) is 5.92 Å². The molecule has 0 N–H and O–H groups in total. The van der Waals surface area contributed by atoms with Crippen LogP contribution in [-0.4, -0.2) is 0 Å². The van der Waals surface area contributed by atoms with Crippen molar-refractivity contribution >= 4 is 0 Å². The SMILES string of the molecule is C=C(C)[C@@H]1CC[C@]2(C)CCCC=C2C1. The molecule has 0 spiro atoms. The maximum absolute atomic E-state index is 4.11. The van der Waals surface area contributed by atoms with E-state index < -0.39 is 0 Å². The Morgan fingerprint density at radius 2 is 2.29 bits per heavy atom. The summed E-state index contributed by atoms with van der Waals surface area (Å²) in [6, 6.07) is 0. The van der Waals surface area contributed by atoms with Crippen LogP contribution < -0.4 is 0 Å². The first kappa shape index (κ1) is 10.0. The molecule has 2 aliphatic rings. The highest BCUT2D eigenvalue weighted by Gasteiger charge is 2.36. The fourth-order valence-corrected chi connectivity index (χ4v) is 3.07. The average molecular weight is 190 g/mol. The summed E-state index contributed by atoms with van der Waals surface area (Å²) in [6.45, 7) is 8.77. The van der Waals surface area contributed by atoms with E-state index in [4.69, 9.17) is 0 Å². The highest BCUT2D eigenvalue weighted by atomic mass is 14.4. The van der Waals surface area contributed by atoms with Crippen LogP contribution in [0.4, 0.5) is 0 Å². The molecule has 0 aromatic carbocycles. The van der Waals surface area contributed by atoms with Gasteiger partial charge in [-0.2, -0.15) is 0 Å². The zero-order valence-electron chi connectivity index (χ0n) is 9.60. The molecule has 2 aliphatic carbocycles. The third kappa shape index (κ3) is 1.67. The van der Waals surface area contributed by atoms with Crippen molar-refractivity contribution in [2.45, 2.75) is 52.4 Å². The summed E-state index contributed by atoms with van der Waals surface area (Å²) in [6.07, 6.45) is 10.7. The first-order valence-corrected chi connectivity index (χ1v) is 5.97. The number of hydrogen-bond acceptors (Lipinski definition) is 0. The van der Waals surface area contributed by atoms with Gasteiger partial charge in [-0.15, -0.1) is 0 Å². The third-order valence-corrected chi connectivity index (χ3v) is 4.31. The van der Waals surface area contributed by atoms with Gasteiger partial charge < -0.3 is 0 Å². The van der Waals surface area contributed by atoms with Crippen molar-refractivity contribution in [2.24, 2.45) is 11.3 Å². The summed E-state index contributed by atoms with van der Waals surface area (Å²) in [5, 5.41) is 0. The van der Waals surface area contributed by atoms with Gasteiger partial charge in [0.2, 0.25) is 0 Å². The summed E-state index contributed by atoms with van der Waals surface area (Å²) < 4.78 is 0. The Balaban J connectivity index is 2.16. The molecule has 0 aromatic rings. The van der Waals surface area contributed by atoms with Crippen LogP contribution in [0.15, 0.2) is 23.8 Å². The van der Waals surface area contributed by atoms with Gasteiger partial charge in [0.15, 0.2) is 0 Å². The third-order valence-electron chi connectivity index (χ3n) is 4.31. The Hall–Kier alpha value is -0.520. The number of allylic oxidation sites excluding steroid dienone is 3. The molecular formula is C14H22. The Labute approximate surface area is 88.1 Å². The van der Waals surface area contributed by atoms with E-state index in [2.05, 4.69) is 26.5 Å². The van der Waals surface area contributed by atoms with Crippen LogP contribution in [0.2, 0.25) is 0 Å². The lowest BCUT2D eigenvalue weighted by Crippen LogP contribution is -2.29. The molecule has 0 nitrogen and oxygen atoms in total. The van der Waals surface area contributed by atoms with Gasteiger partial charge in [-0.1, -0.05) is 30.7 Å². The van der Waals surface area contributed by atoms with Gasteiger partial charge in [-0.25, -0.2) is 0 Å². The molecule has 0 amide bonds. The minimum absolute atomic E-state index is 0.560. The zero-order valence-corrected chi connectivity index (χ0v) is 9.60. The lowest BCUT2D eigenvalue weighted by molar-refractivity contribution is 0.234. The predicted molar refractivity (Wildman–Crippen MR) is 62.2 cm³/mol. The van der Waals surface area contributed by atoms with Crippen molar-refractivity contribution in [3.8, 4) is 0 Å². The van der Waals surface area contributed by atoms with E-state index >= 15 is 0 Å². The lowest BCUT2D eigenvalue weighted by Gasteiger charge is -2.42. The highest BCUT2D eigenvalue weighted by Crippen LogP contribution is 2.49. The lowest BCUT2D eigenvalue weighted by atomic mass is 9.63. The molecule has 0 heterocycles. The molecule has 0 aromatic heterocycles. The molecule has 2 atom stereocenters. The fraction of sp³-hybridized carbons (Fsp3) is 0.714. The van der Waals surface area contributed by atoms with Crippen LogP contribution in [0.5, 0.6) is 0 Å². The molecule has 0 radical (unpaired) electrons. The van der Waals surface area contributed by atoms with Gasteiger partial charge in [0.1, 0.15) is 0 Å². The molecule has 0 saturated heterocycles. The minimum atomic E-state index is 0.560. The summed E-state index contributed by atoms with van der Waals surface area (Å²) in [7, 11) is 0. The molecule has 0 unspecified atom stereocenters. The second-order valence-electron chi connectivity index (χ2n) is 5.47. The fourth-order valence-electron chi connectivity index (χ4n) is 3.07. The van der Waals surface area contributed by atoms with Crippen LogP contribution in [0.25, 0.3) is 0 Å². The quantitative estimate of drug-likeness (QED) is 0.535. The maximum Gasteiger partial charge on any atom is -0.0116 e. The summed E-state index contributed by atoms with van der Waals surface area (Å²) in [5.41, 5.74) is 3.69. The van der Waals surface area contributed by atoms with Crippen molar-refractivity contribution in [2.75, 3.05) is 0 Å². The molecular weight excluding hydrogens is 168 g/mol. The average Bonchev–Trinajstić information content (AvgIpc) is 2.16. The molecule has 0 bridgehead atoms. The minimum Gasteiger partial charge on any atom is -0.0998 e. The standard InChI is InChI=1S/C14H22/c1-11(2)12-7-9-14(3)8-5-4-6-13(14)10-12/h6,12H,1,4-5,7-10H2,2-3H3/t12-,14+/m1/s1. The van der Waals surface area contributed by atoms with Gasteiger partial charge in [0.25, 0.3) is 0 Å². The second-order valence-corrected chi connectivity index (χ2v) is 5.47. The normalized spacial score (nSPS) is 37.3. The van der Waals surface area contributed by atoms with Crippen molar-refractivity contribution in [3.05, 3.63) is 23.8 Å². The predicted octanol–water partition coefficient (Wildman–Crippen LogP) is 4.48. The van der Waals surface area contributed by atoms with Gasteiger partial charge >= 0.3 is 0 Å². The Morgan fingerprint density at radius 1 is 1.50 bits per heavy atom. The molecule has 2 rings (SSSR count). The van der Waals surface area contributed by atoms with Crippen LogP contribution in [0, 0.1) is 11.3 Å². The summed E-state index contributed by atoms with van der Waals surface area (Å²) in [5.74, 6) is 0.771. The van der Waals surface area contributed by atoms with E-state index in [9.17, 15) is 0 Å². The smallest absolute Gasteiger partial charge is 0.0116 e. The highest BCUT2D eigenvalue weighted by molar-refractivity contribution is 5.22. The molecule has 1 fully saturated rings. The summed E-state index contributed by atoms with van der Waals surface area (Å²) >= 11 is 0. The largest absolute Gasteiger partial charge is 0.0998 e. The first-order chi connectivity index (χ1) is 6.62. The number of fused-ring (bicyclic) bond motifs is 1. The van der Waals surface area contributed by atoms with Crippen molar-refractivity contribution in [1.29, 1.82) is 0 Å². The van der Waals surface area contributed by atoms with Gasteiger partial charge in [0.05, 0.1) is 0 Å². The van der Waals surface area contributed by atoms with E-state index in [-0.39, 0.29) is 0 Å². The van der Waals surface area contributed by atoms with Gasteiger partial charge in [-0.05, 0) is 56.8 Å². The molecule has 14 heavy (non-hydrogen) atoms. The van der Waals surface area contributed by atoms with Gasteiger partial charge in [0, 0.05) is 0 Å². The molecule has 78 valence electrons. The van der Waals surface area contributed by atoms with Crippen molar-refractivity contribution < 1.29 is 0 Å². The summed E-state index contributed by atoms with van der Waals surface area (Å²) in [4.78, 5) is 0. The van der Waals surface area contributed by atoms with Crippen molar-refractivity contribution in [1.82, 2.24) is 0 Å². The van der Waals surface area contributed by atoms with Crippen LogP contribution in [-0.2, 0) is 0 Å². The number of hydrogen-bond donors (Lipinski definition) is 0. The van der Waals surface area contributed by atoms with E-state index in [1.807, 2.05) is 0 Å². The molecule has 0 aliphatic heterocycles. The maximum atomic E-state index is 4.11. The van der Waals surface area contributed by atoms with Crippen LogP contribution in [0.1, 0.15) is 52.4 Å². The molecule has 0 heteroatoms. The van der Waals surface area contributed by atoms with E-state index in [0.29, 0.717) is 5.41 Å². The monoisotopic (exact) mass is 190 g/mol. The van der Waals surface area contributed by atoms with Crippen LogP contribution >= 0.6 is 0 Å².